The highest BCUT2D eigenvalue weighted by Crippen LogP contribution is 2.63. The van der Waals surface area contributed by atoms with Gasteiger partial charge in [0.25, 0.3) is 0 Å². The van der Waals surface area contributed by atoms with Crippen molar-refractivity contribution >= 4 is 116 Å². The molecule has 0 amide bonds. The second kappa shape index (κ2) is 19.6. The zero-order chi connectivity index (χ0) is 63.1. The van der Waals surface area contributed by atoms with Crippen molar-refractivity contribution in [2.45, 2.75) is 15.2 Å². The molecule has 10 nitrogen and oxygen atoms in total. The first-order valence-electron chi connectivity index (χ1n) is 32.0. The van der Waals surface area contributed by atoms with Gasteiger partial charge in [-0.05, 0) is 133 Å². The lowest BCUT2D eigenvalue weighted by atomic mass is 9.66. The molecule has 11 heteroatoms. The number of rotatable bonds is 5. The molecule has 0 unspecified atom stereocenters. The van der Waals surface area contributed by atoms with Gasteiger partial charge in [0.2, 0.25) is 0 Å². The molecule has 1 aliphatic carbocycles. The van der Waals surface area contributed by atoms with E-state index in [2.05, 4.69) is 284 Å². The van der Waals surface area contributed by atoms with E-state index >= 15 is 0 Å². The van der Waals surface area contributed by atoms with Gasteiger partial charge in [-0.3, -0.25) is 9.97 Å². The number of benzene rings is 12. The number of aromatic nitrogens is 6. The highest BCUT2D eigenvalue weighted by Gasteiger charge is 2.53. The van der Waals surface area contributed by atoms with Crippen LogP contribution in [0.3, 0.4) is 0 Å². The van der Waals surface area contributed by atoms with Gasteiger partial charge in [-0.15, -0.1) is 0 Å². The number of para-hydroxylation sites is 7. The third-order valence-corrected chi connectivity index (χ3v) is 21.4. The number of nitrogens with zero attached hydrogens (tertiary/aromatic N) is 9. The fourth-order valence-electron chi connectivity index (χ4n) is 16.4. The van der Waals surface area contributed by atoms with Crippen molar-refractivity contribution < 1.29 is 4.74 Å². The molecule has 21 rings (SSSR count). The molecule has 1 spiro atoms. The number of fused-ring (bicyclic) bond motifs is 23. The molecule has 96 heavy (non-hydrogen) atoms. The van der Waals surface area contributed by atoms with E-state index in [0.717, 1.165) is 161 Å². The van der Waals surface area contributed by atoms with Crippen molar-refractivity contribution in [3.63, 3.8) is 0 Å². The molecular weight excluding hydrogens is 1200 g/mol. The highest BCUT2D eigenvalue weighted by atomic mass is 32.2. The molecule has 8 heterocycles. The molecule has 0 N–H and O–H groups in total. The maximum Gasteiger partial charge on any atom is 0.134 e. The minimum Gasteiger partial charge on any atom is -0.457 e. The molecule has 0 fully saturated rings. The van der Waals surface area contributed by atoms with E-state index in [1.54, 1.807) is 11.8 Å². The summed E-state index contributed by atoms with van der Waals surface area (Å²) < 4.78 is 17.0. The van der Waals surface area contributed by atoms with Crippen LogP contribution in [-0.2, 0) is 5.41 Å². The first-order valence-corrected chi connectivity index (χ1v) is 32.9. The minimum atomic E-state index is -1.09. The Balaban J connectivity index is 0.852. The summed E-state index contributed by atoms with van der Waals surface area (Å²) in [5.41, 5.74) is 20.6. The van der Waals surface area contributed by atoms with E-state index in [0.29, 0.717) is 22.6 Å². The summed E-state index contributed by atoms with van der Waals surface area (Å²) in [6.07, 6.45) is 4.03. The fourth-order valence-corrected chi connectivity index (χ4v) is 17.4. The maximum absolute atomic E-state index is 10.5. The van der Waals surface area contributed by atoms with Crippen LogP contribution in [0.15, 0.2) is 295 Å². The lowest BCUT2D eigenvalue weighted by Gasteiger charge is -2.39. The standard InChI is InChI=1S/C85H47N9OS/c86-46-50-29-36-74-62(39-50)61-19-5-10-24-73(61)90(74)53-31-34-65-79(44-53)95-80-45-54(91-75-37-30-51(47-87)40-63(75)64-41-52(33-38-76(64)91)92-77-25-11-13-27-81(77)96-82-28-14-12-26-78(82)92)32-35-66(80)85(65)67-42-55(93-69-20-6-1-15-57(69)58-16-2-7-21-70(58)93)48-88-83(67)84-68(85)43-56(49-89-84)94-71-22-8-3-17-59(71)60-18-4-9-23-72(60)94/h1-45,48-49H. The second-order valence-corrected chi connectivity index (χ2v) is 26.2. The van der Waals surface area contributed by atoms with Gasteiger partial charge >= 0.3 is 0 Å². The van der Waals surface area contributed by atoms with Gasteiger partial charge in [0.15, 0.2) is 0 Å². The lowest BCUT2D eigenvalue weighted by Crippen LogP contribution is -2.32. The number of pyridine rings is 2. The van der Waals surface area contributed by atoms with E-state index in [4.69, 9.17) is 14.7 Å². The zero-order valence-corrected chi connectivity index (χ0v) is 51.8. The van der Waals surface area contributed by atoms with Gasteiger partial charge in [0.05, 0.1) is 119 Å². The average molecular weight is 1240 g/mol. The Hall–Kier alpha value is -12.9. The summed E-state index contributed by atoms with van der Waals surface area (Å²) in [6, 6.07) is 102. The van der Waals surface area contributed by atoms with Crippen LogP contribution in [0.5, 0.6) is 11.5 Å². The van der Waals surface area contributed by atoms with Crippen molar-refractivity contribution in [2.24, 2.45) is 0 Å². The largest absolute Gasteiger partial charge is 0.457 e. The second-order valence-electron chi connectivity index (χ2n) is 25.1. The van der Waals surface area contributed by atoms with Crippen LogP contribution in [0.2, 0.25) is 0 Å². The molecule has 2 aliphatic heterocycles. The molecule has 0 bridgehead atoms. The molecule has 0 radical (unpaired) electrons. The predicted molar refractivity (Wildman–Crippen MR) is 385 cm³/mol. The molecular formula is C85H47N9OS. The minimum absolute atomic E-state index is 0.579. The van der Waals surface area contributed by atoms with Crippen LogP contribution >= 0.6 is 11.8 Å². The summed E-state index contributed by atoms with van der Waals surface area (Å²) in [4.78, 5) is 16.0. The zero-order valence-electron chi connectivity index (χ0n) is 51.0. The van der Waals surface area contributed by atoms with E-state index in [-0.39, 0.29) is 0 Å². The van der Waals surface area contributed by atoms with Crippen molar-refractivity contribution in [3.8, 4) is 57.8 Å². The highest BCUT2D eigenvalue weighted by molar-refractivity contribution is 7.99. The SMILES string of the molecule is N#Cc1ccc2c(c1)c1ccccc1n2-c1ccc2c(c1)Oc1cc(-n3c4ccc(C#N)cc4c4cc(N5c6ccccc6Sc6ccccc65)ccc43)ccc1C21c2cc(-n3c4ccccc4c4ccccc43)cnc2-c2ncc(-n3c4ccccc4c4ccccc43)cc21. The van der Waals surface area contributed by atoms with Crippen molar-refractivity contribution in [1.29, 1.82) is 10.5 Å². The van der Waals surface area contributed by atoms with Crippen LogP contribution in [0.4, 0.5) is 17.1 Å². The van der Waals surface area contributed by atoms with Crippen molar-refractivity contribution in [2.75, 3.05) is 4.90 Å². The molecule has 3 aliphatic rings. The number of hydrogen-bond acceptors (Lipinski definition) is 7. The van der Waals surface area contributed by atoms with Crippen LogP contribution < -0.4 is 9.64 Å². The summed E-state index contributed by atoms with van der Waals surface area (Å²) in [5, 5.41) is 29.4. The Morgan fingerprint density at radius 1 is 0.312 bits per heavy atom. The average Bonchev–Trinajstić information content (AvgIpc) is 1.10. The fraction of sp³-hybridized carbons (Fsp3) is 0.0118. The third-order valence-electron chi connectivity index (χ3n) is 20.3. The first kappa shape index (κ1) is 52.7. The molecule has 12 aromatic carbocycles. The molecule has 0 saturated heterocycles. The Morgan fingerprint density at radius 2 is 0.667 bits per heavy atom. The molecule has 0 saturated carbocycles. The normalized spacial score (nSPS) is 13.3. The smallest absolute Gasteiger partial charge is 0.134 e. The monoisotopic (exact) mass is 1240 g/mol. The van der Waals surface area contributed by atoms with E-state index in [1.807, 2.05) is 36.7 Å². The van der Waals surface area contributed by atoms with Gasteiger partial charge in [-0.25, -0.2) is 0 Å². The van der Waals surface area contributed by atoms with Crippen LogP contribution in [-0.4, -0.2) is 28.2 Å². The molecule has 444 valence electrons. The number of ether oxygens (including phenoxy) is 1. The Kier molecular flexibility index (Phi) is 10.7. The van der Waals surface area contributed by atoms with Crippen molar-refractivity contribution in [1.82, 2.24) is 28.2 Å². The van der Waals surface area contributed by atoms with Gasteiger partial charge in [0, 0.05) is 104 Å². The van der Waals surface area contributed by atoms with Gasteiger partial charge in [0.1, 0.15) is 11.5 Å². The van der Waals surface area contributed by atoms with E-state index in [9.17, 15) is 10.5 Å². The van der Waals surface area contributed by atoms with E-state index in [1.165, 1.54) is 9.79 Å². The van der Waals surface area contributed by atoms with Gasteiger partial charge in [-0.2, -0.15) is 10.5 Å². The summed E-state index contributed by atoms with van der Waals surface area (Å²) >= 11 is 1.79. The lowest BCUT2D eigenvalue weighted by molar-refractivity contribution is 0.436. The molecule has 0 atom stereocenters. The Labute approximate surface area is 552 Å². The van der Waals surface area contributed by atoms with E-state index < -0.39 is 5.41 Å². The van der Waals surface area contributed by atoms with Gasteiger partial charge < -0.3 is 27.9 Å². The van der Waals surface area contributed by atoms with Crippen LogP contribution in [0, 0.1) is 22.7 Å². The number of anilines is 3. The summed E-state index contributed by atoms with van der Waals surface area (Å²) in [5.74, 6) is 1.34. The summed E-state index contributed by atoms with van der Waals surface area (Å²) in [6.45, 7) is 0. The number of nitriles is 2. The van der Waals surface area contributed by atoms with Gasteiger partial charge in [-0.1, -0.05) is 139 Å². The third kappa shape index (κ3) is 7.07. The number of hydrogen-bond donors (Lipinski definition) is 0. The Morgan fingerprint density at radius 3 is 1.11 bits per heavy atom. The molecule has 6 aromatic heterocycles. The quantitative estimate of drug-likeness (QED) is 0.169. The van der Waals surface area contributed by atoms with Crippen molar-refractivity contribution in [3.05, 3.63) is 319 Å². The predicted octanol–water partition coefficient (Wildman–Crippen LogP) is 21.0. The van der Waals surface area contributed by atoms with Crippen LogP contribution in [0.25, 0.3) is 121 Å². The topological polar surface area (TPSA) is 106 Å². The van der Waals surface area contributed by atoms with Crippen LogP contribution in [0.1, 0.15) is 33.4 Å². The maximum atomic E-state index is 10.5. The first-order chi connectivity index (χ1) is 47.5. The molecule has 18 aromatic rings. The summed E-state index contributed by atoms with van der Waals surface area (Å²) in [7, 11) is 0. The Bertz CT molecular complexity index is 6290.